The molecule has 0 radical (unpaired) electrons. The molecule has 0 fully saturated rings. The van der Waals surface area contributed by atoms with Crippen LogP contribution in [0.25, 0.3) is 0 Å². The summed E-state index contributed by atoms with van der Waals surface area (Å²) < 4.78 is 5.28. The Morgan fingerprint density at radius 2 is 0.794 bits per heavy atom. The SMILES string of the molecule is CCCCCCCCCCCCCCCC(=O)OC(=O)C(CCCCCC)CCCCCCC. The van der Waals surface area contributed by atoms with Crippen molar-refractivity contribution in [1.29, 1.82) is 0 Å². The van der Waals surface area contributed by atoms with E-state index >= 15 is 0 Å². The van der Waals surface area contributed by atoms with E-state index in [1.807, 2.05) is 0 Å². The van der Waals surface area contributed by atoms with Gasteiger partial charge in [-0.15, -0.1) is 0 Å². The quantitative estimate of drug-likeness (QED) is 0.0702. The molecule has 0 bridgehead atoms. The van der Waals surface area contributed by atoms with Gasteiger partial charge in [0.2, 0.25) is 0 Å². The molecule has 0 aliphatic heterocycles. The van der Waals surface area contributed by atoms with E-state index in [1.165, 1.54) is 116 Å². The second-order valence-corrected chi connectivity index (χ2v) is 10.5. The normalized spacial score (nSPS) is 12.1. The molecule has 0 saturated heterocycles. The van der Waals surface area contributed by atoms with Crippen LogP contribution in [-0.2, 0) is 14.3 Å². The minimum absolute atomic E-state index is 0.0888. The van der Waals surface area contributed by atoms with E-state index in [4.69, 9.17) is 4.74 Å². The molecule has 1 unspecified atom stereocenters. The molecule has 3 nitrogen and oxygen atoms in total. The molecule has 0 aromatic rings. The van der Waals surface area contributed by atoms with Gasteiger partial charge >= 0.3 is 11.9 Å². The smallest absolute Gasteiger partial charge is 0.316 e. The second kappa shape index (κ2) is 26.7. The van der Waals surface area contributed by atoms with Gasteiger partial charge in [0, 0.05) is 6.42 Å². The van der Waals surface area contributed by atoms with Gasteiger partial charge in [-0.25, -0.2) is 0 Å². The molecule has 3 heteroatoms. The fourth-order valence-corrected chi connectivity index (χ4v) is 4.73. The van der Waals surface area contributed by atoms with E-state index in [9.17, 15) is 9.59 Å². The Kier molecular flexibility index (Phi) is 26.1. The van der Waals surface area contributed by atoms with Gasteiger partial charge in [-0.2, -0.15) is 0 Å². The van der Waals surface area contributed by atoms with Crippen molar-refractivity contribution in [3.8, 4) is 0 Å². The lowest BCUT2D eigenvalue weighted by Crippen LogP contribution is -2.21. The maximum absolute atomic E-state index is 12.6. The van der Waals surface area contributed by atoms with Crippen LogP contribution in [0.1, 0.15) is 181 Å². The van der Waals surface area contributed by atoms with Gasteiger partial charge < -0.3 is 4.74 Å². The molecule has 0 amide bonds. The van der Waals surface area contributed by atoms with Gasteiger partial charge in [-0.1, -0.05) is 156 Å². The maximum atomic E-state index is 12.6. The predicted molar refractivity (Wildman–Crippen MR) is 147 cm³/mol. The molecule has 0 saturated carbocycles. The van der Waals surface area contributed by atoms with Crippen LogP contribution >= 0.6 is 0 Å². The first-order valence-corrected chi connectivity index (χ1v) is 15.4. The molecular weight excluding hydrogens is 420 g/mol. The molecule has 0 heterocycles. The Morgan fingerprint density at radius 1 is 0.471 bits per heavy atom. The highest BCUT2D eigenvalue weighted by Gasteiger charge is 2.22. The number of ether oxygens (including phenoxy) is 1. The summed E-state index contributed by atoms with van der Waals surface area (Å²) in [5, 5.41) is 0. The molecule has 0 aromatic carbocycles. The largest absolute Gasteiger partial charge is 0.393 e. The number of hydrogen-bond donors (Lipinski definition) is 0. The van der Waals surface area contributed by atoms with Crippen LogP contribution in [0.4, 0.5) is 0 Å². The summed E-state index contributed by atoms with van der Waals surface area (Å²) in [6.45, 7) is 6.69. The topological polar surface area (TPSA) is 43.4 Å². The van der Waals surface area contributed by atoms with Crippen LogP contribution in [0.5, 0.6) is 0 Å². The lowest BCUT2D eigenvalue weighted by atomic mass is 9.94. The average Bonchev–Trinajstić information content (AvgIpc) is 2.83. The average molecular weight is 481 g/mol. The first-order chi connectivity index (χ1) is 16.7. The summed E-state index contributed by atoms with van der Waals surface area (Å²) in [6, 6.07) is 0. The van der Waals surface area contributed by atoms with Gasteiger partial charge in [0.25, 0.3) is 0 Å². The Hall–Kier alpha value is -0.860. The second-order valence-electron chi connectivity index (χ2n) is 10.5. The summed E-state index contributed by atoms with van der Waals surface area (Å²) >= 11 is 0. The molecule has 0 aromatic heterocycles. The summed E-state index contributed by atoms with van der Waals surface area (Å²) in [5.41, 5.74) is 0. The van der Waals surface area contributed by atoms with E-state index in [0.717, 1.165) is 38.5 Å². The first-order valence-electron chi connectivity index (χ1n) is 15.4. The van der Waals surface area contributed by atoms with Crippen molar-refractivity contribution in [2.24, 2.45) is 5.92 Å². The molecule has 0 rings (SSSR count). The lowest BCUT2D eigenvalue weighted by molar-refractivity contribution is -0.163. The Morgan fingerprint density at radius 3 is 1.21 bits per heavy atom. The lowest BCUT2D eigenvalue weighted by Gasteiger charge is -2.15. The standard InChI is InChI=1S/C31H60O3/c1-4-7-10-13-14-15-16-17-18-19-20-22-25-28-30(32)34-31(33)29(26-23-12-9-6-3)27-24-21-11-8-5-2/h29H,4-28H2,1-3H3. The Bertz CT molecular complexity index is 446. The van der Waals surface area contributed by atoms with Crippen molar-refractivity contribution >= 4 is 11.9 Å². The third-order valence-corrected chi connectivity index (χ3v) is 7.09. The zero-order valence-corrected chi connectivity index (χ0v) is 23.5. The zero-order chi connectivity index (χ0) is 25.1. The number of rotatable bonds is 26. The fourth-order valence-electron chi connectivity index (χ4n) is 4.73. The van der Waals surface area contributed by atoms with E-state index in [1.54, 1.807) is 0 Å². The van der Waals surface area contributed by atoms with Crippen molar-refractivity contribution < 1.29 is 14.3 Å². The minimum Gasteiger partial charge on any atom is -0.393 e. The van der Waals surface area contributed by atoms with Gasteiger partial charge in [0.05, 0.1) is 5.92 Å². The molecule has 34 heavy (non-hydrogen) atoms. The highest BCUT2D eigenvalue weighted by molar-refractivity contribution is 5.86. The fraction of sp³-hybridized carbons (Fsp3) is 0.935. The van der Waals surface area contributed by atoms with Crippen LogP contribution in [0, 0.1) is 5.92 Å². The zero-order valence-electron chi connectivity index (χ0n) is 23.5. The molecule has 0 N–H and O–H groups in total. The summed E-state index contributed by atoms with van der Waals surface area (Å²) in [7, 11) is 0. The number of hydrogen-bond acceptors (Lipinski definition) is 3. The van der Waals surface area contributed by atoms with Crippen molar-refractivity contribution in [3.63, 3.8) is 0 Å². The van der Waals surface area contributed by atoms with Gasteiger partial charge in [-0.3, -0.25) is 9.59 Å². The van der Waals surface area contributed by atoms with Crippen molar-refractivity contribution in [3.05, 3.63) is 0 Å². The summed E-state index contributed by atoms with van der Waals surface area (Å²) in [6.07, 6.45) is 29.5. The predicted octanol–water partition coefficient (Wildman–Crippen LogP) is 10.5. The van der Waals surface area contributed by atoms with Gasteiger partial charge in [-0.05, 0) is 19.3 Å². The van der Waals surface area contributed by atoms with Crippen molar-refractivity contribution in [2.45, 2.75) is 181 Å². The molecule has 0 aliphatic carbocycles. The number of unbranched alkanes of at least 4 members (excludes halogenated alkanes) is 19. The first kappa shape index (κ1) is 33.1. The molecule has 1 atom stereocenters. The van der Waals surface area contributed by atoms with Crippen LogP contribution in [-0.4, -0.2) is 11.9 Å². The van der Waals surface area contributed by atoms with E-state index in [0.29, 0.717) is 6.42 Å². The number of carbonyl (C=O) groups is 2. The van der Waals surface area contributed by atoms with E-state index in [2.05, 4.69) is 20.8 Å². The van der Waals surface area contributed by atoms with E-state index < -0.39 is 0 Å². The molecule has 0 aliphatic rings. The maximum Gasteiger partial charge on any atom is 0.316 e. The van der Waals surface area contributed by atoms with Crippen LogP contribution in [0.2, 0.25) is 0 Å². The van der Waals surface area contributed by atoms with Crippen LogP contribution < -0.4 is 0 Å². The summed E-state index contributed by atoms with van der Waals surface area (Å²) in [5.74, 6) is -0.654. The van der Waals surface area contributed by atoms with Crippen LogP contribution in [0.15, 0.2) is 0 Å². The Labute approximate surface area is 213 Å². The number of carbonyl (C=O) groups excluding carboxylic acids is 2. The van der Waals surface area contributed by atoms with Crippen molar-refractivity contribution in [1.82, 2.24) is 0 Å². The van der Waals surface area contributed by atoms with E-state index in [-0.39, 0.29) is 17.9 Å². The molecule has 202 valence electrons. The van der Waals surface area contributed by atoms with Gasteiger partial charge in [0.1, 0.15) is 0 Å². The molecule has 0 spiro atoms. The highest BCUT2D eigenvalue weighted by Crippen LogP contribution is 2.21. The van der Waals surface area contributed by atoms with Gasteiger partial charge in [0.15, 0.2) is 0 Å². The molecular formula is C31H60O3. The third kappa shape index (κ3) is 22.9. The Balaban J connectivity index is 3.86. The highest BCUT2D eigenvalue weighted by atomic mass is 16.6. The third-order valence-electron chi connectivity index (χ3n) is 7.09. The minimum atomic E-state index is -0.308. The summed E-state index contributed by atoms with van der Waals surface area (Å²) in [4.78, 5) is 24.8. The van der Waals surface area contributed by atoms with Crippen LogP contribution in [0.3, 0.4) is 0 Å². The monoisotopic (exact) mass is 480 g/mol. The number of esters is 2. The van der Waals surface area contributed by atoms with Crippen molar-refractivity contribution in [2.75, 3.05) is 0 Å².